The van der Waals surface area contributed by atoms with E-state index in [2.05, 4.69) is 44.0 Å². The number of benzene rings is 2. The summed E-state index contributed by atoms with van der Waals surface area (Å²) >= 11 is 0. The second-order valence-corrected chi connectivity index (χ2v) is 8.37. The second-order valence-electron chi connectivity index (χ2n) is 8.37. The summed E-state index contributed by atoms with van der Waals surface area (Å²) in [6.07, 6.45) is 2.92. The van der Waals surface area contributed by atoms with E-state index in [0.717, 1.165) is 37.0 Å². The molecule has 7 nitrogen and oxygen atoms in total. The average molecular weight is 436 g/mol. The molecule has 0 saturated carbocycles. The molecule has 7 heteroatoms. The number of para-hydroxylation sites is 2. The summed E-state index contributed by atoms with van der Waals surface area (Å²) in [6, 6.07) is 16.5. The molecule has 2 atom stereocenters. The van der Waals surface area contributed by atoms with Gasteiger partial charge in [-0.1, -0.05) is 36.4 Å². The molecule has 3 N–H and O–H groups in total. The lowest BCUT2D eigenvalue weighted by Gasteiger charge is -2.30. The van der Waals surface area contributed by atoms with Crippen molar-refractivity contribution in [3.05, 3.63) is 59.7 Å². The molecule has 2 unspecified atom stereocenters. The number of likely N-dealkylation sites (tertiary alicyclic amines) is 1. The number of fused-ring (bicyclic) bond motifs is 1. The number of carbonyl (C=O) groups excluding carboxylic acids is 1. The summed E-state index contributed by atoms with van der Waals surface area (Å²) in [6.45, 7) is 3.55. The Labute approximate surface area is 190 Å². The zero-order valence-corrected chi connectivity index (χ0v) is 18.9. The Morgan fingerprint density at radius 3 is 2.69 bits per heavy atom. The van der Waals surface area contributed by atoms with Gasteiger partial charge in [0.25, 0.3) is 0 Å². The van der Waals surface area contributed by atoms with Crippen molar-refractivity contribution in [3.63, 3.8) is 0 Å². The molecule has 2 aliphatic heterocycles. The number of hydrogen-bond donors (Lipinski definition) is 3. The third kappa shape index (κ3) is 5.05. The molecule has 2 aliphatic rings. The first-order chi connectivity index (χ1) is 15.7. The van der Waals surface area contributed by atoms with E-state index in [1.807, 2.05) is 30.3 Å². The predicted molar refractivity (Wildman–Crippen MR) is 128 cm³/mol. The van der Waals surface area contributed by atoms with Crippen molar-refractivity contribution in [2.24, 2.45) is 4.99 Å². The average Bonchev–Trinajstić information content (AvgIpc) is 3.36. The van der Waals surface area contributed by atoms with Crippen molar-refractivity contribution in [1.82, 2.24) is 15.5 Å². The van der Waals surface area contributed by atoms with Gasteiger partial charge in [-0.2, -0.15) is 0 Å². The van der Waals surface area contributed by atoms with E-state index in [0.29, 0.717) is 13.0 Å². The lowest BCUT2D eigenvalue weighted by atomic mass is 9.90. The molecule has 0 spiro atoms. The number of hydrogen-bond acceptors (Lipinski definition) is 4. The fourth-order valence-electron chi connectivity index (χ4n) is 4.75. The number of ether oxygens (including phenoxy) is 1. The first kappa shape index (κ1) is 22.1. The fraction of sp³-hybridized carbons (Fsp3) is 0.440. The third-order valence-corrected chi connectivity index (χ3v) is 6.39. The molecule has 0 radical (unpaired) electrons. The van der Waals surface area contributed by atoms with Gasteiger partial charge in [0.2, 0.25) is 5.91 Å². The van der Waals surface area contributed by atoms with Crippen LogP contribution < -0.4 is 20.7 Å². The number of carbonyl (C=O) groups is 1. The Balaban J connectivity index is 1.42. The minimum atomic E-state index is 0.0590. The van der Waals surface area contributed by atoms with Crippen molar-refractivity contribution in [2.45, 2.75) is 31.2 Å². The molecule has 170 valence electrons. The molecule has 0 bridgehead atoms. The van der Waals surface area contributed by atoms with Crippen LogP contribution in [0.4, 0.5) is 5.69 Å². The van der Waals surface area contributed by atoms with E-state index in [1.165, 1.54) is 24.0 Å². The van der Waals surface area contributed by atoms with E-state index < -0.39 is 0 Å². The highest BCUT2D eigenvalue weighted by molar-refractivity contribution is 5.94. The summed E-state index contributed by atoms with van der Waals surface area (Å²) in [5.41, 5.74) is 3.26. The summed E-state index contributed by atoms with van der Waals surface area (Å²) < 4.78 is 5.65. The van der Waals surface area contributed by atoms with Gasteiger partial charge in [0.1, 0.15) is 5.75 Å². The van der Waals surface area contributed by atoms with Gasteiger partial charge in [-0.05, 0) is 43.6 Å². The third-order valence-electron chi connectivity index (χ3n) is 6.39. The summed E-state index contributed by atoms with van der Waals surface area (Å²) in [4.78, 5) is 19.1. The van der Waals surface area contributed by atoms with Crippen LogP contribution in [0.3, 0.4) is 0 Å². The topological polar surface area (TPSA) is 78.0 Å². The molecule has 2 aromatic rings. The van der Waals surface area contributed by atoms with Crippen LogP contribution in [0.25, 0.3) is 0 Å². The molecule has 2 aromatic carbocycles. The van der Waals surface area contributed by atoms with Gasteiger partial charge < -0.3 is 20.7 Å². The smallest absolute Gasteiger partial charge is 0.225 e. The van der Waals surface area contributed by atoms with Crippen molar-refractivity contribution in [1.29, 1.82) is 0 Å². The van der Waals surface area contributed by atoms with Gasteiger partial charge >= 0.3 is 0 Å². The largest absolute Gasteiger partial charge is 0.496 e. The van der Waals surface area contributed by atoms with Crippen molar-refractivity contribution < 1.29 is 9.53 Å². The SMILES string of the molecule is CN=C(NCC1CC(=O)Nc2ccccc21)NCC(c1ccccc1OC)N1CCCC1. The van der Waals surface area contributed by atoms with Crippen molar-refractivity contribution in [2.75, 3.05) is 45.7 Å². The molecule has 4 rings (SSSR count). The molecule has 1 amide bonds. The second kappa shape index (κ2) is 10.5. The van der Waals surface area contributed by atoms with Crippen LogP contribution in [0.2, 0.25) is 0 Å². The van der Waals surface area contributed by atoms with Crippen molar-refractivity contribution >= 4 is 17.6 Å². The normalized spacial score (nSPS) is 19.8. The highest BCUT2D eigenvalue weighted by atomic mass is 16.5. The molecule has 0 aromatic heterocycles. The summed E-state index contributed by atoms with van der Waals surface area (Å²) in [7, 11) is 3.51. The predicted octanol–water partition coefficient (Wildman–Crippen LogP) is 3.12. The Bertz CT molecular complexity index is 955. The number of nitrogens with one attached hydrogen (secondary N) is 3. The van der Waals surface area contributed by atoms with Gasteiger partial charge in [0, 0.05) is 43.7 Å². The Kier molecular flexibility index (Phi) is 7.27. The number of nitrogens with zero attached hydrogens (tertiary/aromatic N) is 2. The van der Waals surface area contributed by atoms with Crippen LogP contribution in [-0.2, 0) is 4.79 Å². The van der Waals surface area contributed by atoms with Gasteiger partial charge in [0.15, 0.2) is 5.96 Å². The number of amides is 1. The van der Waals surface area contributed by atoms with Gasteiger partial charge in [0.05, 0.1) is 13.2 Å². The molecular formula is C25H33N5O2. The maximum atomic E-state index is 12.1. The maximum Gasteiger partial charge on any atom is 0.225 e. The number of methoxy groups -OCH3 is 1. The highest BCUT2D eigenvalue weighted by Crippen LogP contribution is 2.32. The Morgan fingerprint density at radius 1 is 1.16 bits per heavy atom. The monoisotopic (exact) mass is 435 g/mol. The lowest BCUT2D eigenvalue weighted by molar-refractivity contribution is -0.116. The molecule has 1 saturated heterocycles. The Morgan fingerprint density at radius 2 is 1.91 bits per heavy atom. The van der Waals surface area contributed by atoms with Gasteiger partial charge in [-0.15, -0.1) is 0 Å². The van der Waals surface area contributed by atoms with E-state index in [-0.39, 0.29) is 17.9 Å². The zero-order valence-electron chi connectivity index (χ0n) is 18.9. The van der Waals surface area contributed by atoms with Gasteiger partial charge in [-0.25, -0.2) is 0 Å². The maximum absolute atomic E-state index is 12.1. The van der Waals surface area contributed by atoms with Crippen LogP contribution in [-0.4, -0.2) is 57.1 Å². The van der Waals surface area contributed by atoms with Crippen LogP contribution in [0, 0.1) is 0 Å². The van der Waals surface area contributed by atoms with Crippen LogP contribution >= 0.6 is 0 Å². The minimum absolute atomic E-state index is 0.0590. The molecule has 1 fully saturated rings. The highest BCUT2D eigenvalue weighted by Gasteiger charge is 2.27. The zero-order chi connectivity index (χ0) is 22.3. The van der Waals surface area contributed by atoms with Crippen LogP contribution in [0.15, 0.2) is 53.5 Å². The summed E-state index contributed by atoms with van der Waals surface area (Å²) in [5, 5.41) is 9.91. The number of rotatable bonds is 7. The van der Waals surface area contributed by atoms with E-state index in [4.69, 9.17) is 4.74 Å². The quantitative estimate of drug-likeness (QED) is 0.460. The first-order valence-corrected chi connectivity index (χ1v) is 11.4. The van der Waals surface area contributed by atoms with E-state index in [9.17, 15) is 4.79 Å². The van der Waals surface area contributed by atoms with E-state index in [1.54, 1.807) is 14.2 Å². The molecule has 0 aliphatic carbocycles. The minimum Gasteiger partial charge on any atom is -0.496 e. The Hall–Kier alpha value is -3.06. The fourth-order valence-corrected chi connectivity index (χ4v) is 4.75. The standard InChI is InChI=1S/C25H33N5O2/c1-26-25(27-16-18-15-24(31)29-21-11-5-3-9-19(18)21)28-17-22(30-13-7-8-14-30)20-10-4-6-12-23(20)32-2/h3-6,9-12,18,22H,7-8,13-17H2,1-2H3,(H,29,31)(H2,26,27,28). The molecule has 2 heterocycles. The van der Waals surface area contributed by atoms with Gasteiger partial charge in [-0.3, -0.25) is 14.7 Å². The number of anilines is 1. The van der Waals surface area contributed by atoms with E-state index >= 15 is 0 Å². The first-order valence-electron chi connectivity index (χ1n) is 11.4. The molecule has 32 heavy (non-hydrogen) atoms. The number of guanidine groups is 1. The van der Waals surface area contributed by atoms with Crippen LogP contribution in [0.5, 0.6) is 5.75 Å². The van der Waals surface area contributed by atoms with Crippen molar-refractivity contribution in [3.8, 4) is 5.75 Å². The number of aliphatic imine (C=N–C) groups is 1. The lowest BCUT2D eigenvalue weighted by Crippen LogP contribution is -2.44. The molecular weight excluding hydrogens is 402 g/mol. The summed E-state index contributed by atoms with van der Waals surface area (Å²) in [5.74, 6) is 1.83. The van der Waals surface area contributed by atoms with Crippen LogP contribution in [0.1, 0.15) is 42.3 Å².